The summed E-state index contributed by atoms with van der Waals surface area (Å²) in [6.45, 7) is 2.04. The van der Waals surface area contributed by atoms with Crippen LogP contribution >= 0.6 is 11.3 Å². The van der Waals surface area contributed by atoms with Crippen LogP contribution in [0.5, 0.6) is 0 Å². The molecule has 0 aliphatic heterocycles. The van der Waals surface area contributed by atoms with E-state index in [1.54, 1.807) is 11.3 Å². The minimum Gasteiger partial charge on any atom is -0.345 e. The lowest BCUT2D eigenvalue weighted by Crippen LogP contribution is -2.04. The molecule has 0 saturated heterocycles. The van der Waals surface area contributed by atoms with Gasteiger partial charge in [0.05, 0.1) is 0 Å². The zero-order valence-corrected chi connectivity index (χ0v) is 13.0. The van der Waals surface area contributed by atoms with E-state index in [9.17, 15) is 0 Å². The van der Waals surface area contributed by atoms with E-state index in [2.05, 4.69) is 32.6 Å². The summed E-state index contributed by atoms with van der Waals surface area (Å²) in [6, 6.07) is 2.33. The Morgan fingerprint density at radius 1 is 1.24 bits per heavy atom. The molecule has 1 aliphatic carbocycles. The molecule has 108 valence electrons. The lowest BCUT2D eigenvalue weighted by Gasteiger charge is -2.21. The Balaban J connectivity index is 1.78. The molecule has 0 aromatic carbocycles. The summed E-state index contributed by atoms with van der Waals surface area (Å²) in [7, 11) is 0. The van der Waals surface area contributed by atoms with Crippen molar-refractivity contribution >= 4 is 22.4 Å². The van der Waals surface area contributed by atoms with Gasteiger partial charge in [-0.25, -0.2) is 9.97 Å². The van der Waals surface area contributed by atoms with Crippen LogP contribution < -0.4 is 0 Å². The third-order valence-corrected chi connectivity index (χ3v) is 5.47. The highest BCUT2D eigenvalue weighted by molar-refractivity contribution is 7.13. The summed E-state index contributed by atoms with van der Waals surface area (Å²) in [5, 5.41) is 4.40. The quantitative estimate of drug-likeness (QED) is 0.719. The second-order valence-electron chi connectivity index (χ2n) is 6.00. The number of aromatic nitrogens is 3. The fourth-order valence-corrected chi connectivity index (χ4v) is 4.16. The Bertz CT molecular complexity index is 765. The van der Waals surface area contributed by atoms with Crippen LogP contribution in [0, 0.1) is 6.92 Å². The molecule has 3 nitrogen and oxygen atoms in total. The average molecular weight is 297 g/mol. The van der Waals surface area contributed by atoms with Crippen LogP contribution in [0.1, 0.15) is 49.3 Å². The standard InChI is InChI=1S/C17H19N3S/c1-11-10-21-17(20-11)15-9-19-16-14(15)7-13(8-18-16)12-5-3-2-4-6-12/h7-10,12H,2-6H2,1H3,(H,18,19). The van der Waals surface area contributed by atoms with Crippen LogP contribution in [0.4, 0.5) is 0 Å². The molecule has 0 atom stereocenters. The maximum absolute atomic E-state index is 4.63. The predicted octanol–water partition coefficient (Wildman–Crippen LogP) is 5.04. The number of H-pyrrole nitrogens is 1. The van der Waals surface area contributed by atoms with E-state index in [4.69, 9.17) is 0 Å². The van der Waals surface area contributed by atoms with Crippen molar-refractivity contribution in [1.82, 2.24) is 15.0 Å². The summed E-state index contributed by atoms with van der Waals surface area (Å²) in [6.07, 6.45) is 10.8. The molecule has 1 N–H and O–H groups in total. The van der Waals surface area contributed by atoms with Crippen LogP contribution in [-0.2, 0) is 0 Å². The van der Waals surface area contributed by atoms with Gasteiger partial charge in [-0.3, -0.25) is 0 Å². The van der Waals surface area contributed by atoms with Gasteiger partial charge in [-0.2, -0.15) is 0 Å². The lowest BCUT2D eigenvalue weighted by atomic mass is 9.84. The van der Waals surface area contributed by atoms with Gasteiger partial charge >= 0.3 is 0 Å². The van der Waals surface area contributed by atoms with E-state index in [0.29, 0.717) is 5.92 Å². The molecule has 21 heavy (non-hydrogen) atoms. The van der Waals surface area contributed by atoms with Crippen LogP contribution in [0.25, 0.3) is 21.6 Å². The first-order valence-electron chi connectivity index (χ1n) is 7.71. The number of fused-ring (bicyclic) bond motifs is 1. The highest BCUT2D eigenvalue weighted by atomic mass is 32.1. The molecule has 4 heteroatoms. The largest absolute Gasteiger partial charge is 0.345 e. The first-order valence-corrected chi connectivity index (χ1v) is 8.59. The molecule has 1 fully saturated rings. The zero-order chi connectivity index (χ0) is 14.2. The second kappa shape index (κ2) is 5.26. The fourth-order valence-electron chi connectivity index (χ4n) is 3.33. The zero-order valence-electron chi connectivity index (χ0n) is 12.2. The average Bonchev–Trinajstić information content (AvgIpc) is 3.13. The van der Waals surface area contributed by atoms with Crippen LogP contribution in [0.15, 0.2) is 23.8 Å². The van der Waals surface area contributed by atoms with Crippen molar-refractivity contribution < 1.29 is 0 Å². The monoisotopic (exact) mass is 297 g/mol. The summed E-state index contributed by atoms with van der Waals surface area (Å²) < 4.78 is 0. The summed E-state index contributed by atoms with van der Waals surface area (Å²) in [4.78, 5) is 12.5. The van der Waals surface area contributed by atoms with E-state index >= 15 is 0 Å². The summed E-state index contributed by atoms with van der Waals surface area (Å²) in [5.74, 6) is 0.691. The van der Waals surface area contributed by atoms with Gasteiger partial charge in [0.1, 0.15) is 10.7 Å². The molecule has 1 saturated carbocycles. The number of nitrogens with zero attached hydrogens (tertiary/aromatic N) is 2. The van der Waals surface area contributed by atoms with Crippen molar-refractivity contribution in [3.63, 3.8) is 0 Å². The van der Waals surface area contributed by atoms with Crippen LogP contribution in [0.3, 0.4) is 0 Å². The maximum Gasteiger partial charge on any atom is 0.137 e. The highest BCUT2D eigenvalue weighted by Gasteiger charge is 2.18. The molecule has 4 rings (SSSR count). The first kappa shape index (κ1) is 13.0. The van der Waals surface area contributed by atoms with E-state index < -0.39 is 0 Å². The molecule has 3 aromatic heterocycles. The van der Waals surface area contributed by atoms with Gasteiger partial charge in [0, 0.05) is 34.4 Å². The molecule has 3 aromatic rings. The molecule has 0 amide bonds. The molecule has 0 radical (unpaired) electrons. The molecule has 0 bridgehead atoms. The summed E-state index contributed by atoms with van der Waals surface area (Å²) >= 11 is 1.70. The van der Waals surface area contributed by atoms with E-state index in [1.807, 2.05) is 13.1 Å². The van der Waals surface area contributed by atoms with Gasteiger partial charge in [-0.05, 0) is 37.3 Å². The number of aromatic amines is 1. The third kappa shape index (κ3) is 2.38. The van der Waals surface area contributed by atoms with Crippen molar-refractivity contribution in [2.24, 2.45) is 0 Å². The Morgan fingerprint density at radius 2 is 2.10 bits per heavy atom. The number of pyridine rings is 1. The van der Waals surface area contributed by atoms with Crippen molar-refractivity contribution in [3.8, 4) is 10.6 Å². The number of nitrogens with one attached hydrogen (secondary N) is 1. The maximum atomic E-state index is 4.63. The Morgan fingerprint density at radius 3 is 2.86 bits per heavy atom. The fraction of sp³-hybridized carbons (Fsp3) is 0.412. The van der Waals surface area contributed by atoms with Crippen LogP contribution in [0.2, 0.25) is 0 Å². The first-order chi connectivity index (χ1) is 10.3. The third-order valence-electron chi connectivity index (χ3n) is 4.48. The van der Waals surface area contributed by atoms with Gasteiger partial charge in [0.25, 0.3) is 0 Å². The van der Waals surface area contributed by atoms with Crippen molar-refractivity contribution in [1.29, 1.82) is 0 Å². The summed E-state index contributed by atoms with van der Waals surface area (Å²) in [5.41, 5.74) is 4.64. The number of aryl methyl sites for hydroxylation is 1. The predicted molar refractivity (Wildman–Crippen MR) is 87.8 cm³/mol. The number of rotatable bonds is 2. The van der Waals surface area contributed by atoms with Gasteiger partial charge in [-0.1, -0.05) is 19.3 Å². The SMILES string of the molecule is Cc1csc(-c2c[nH]c3ncc(C4CCCCC4)cc23)n1. The number of thiazole rings is 1. The van der Waals surface area contributed by atoms with Gasteiger partial charge < -0.3 is 4.98 Å². The molecular weight excluding hydrogens is 278 g/mol. The molecule has 0 unspecified atom stereocenters. The molecular formula is C17H19N3S. The topological polar surface area (TPSA) is 41.6 Å². The van der Waals surface area contributed by atoms with Crippen molar-refractivity contribution in [2.75, 3.05) is 0 Å². The minimum absolute atomic E-state index is 0.691. The van der Waals surface area contributed by atoms with E-state index in [-0.39, 0.29) is 0 Å². The lowest BCUT2D eigenvalue weighted by molar-refractivity contribution is 0.443. The second-order valence-corrected chi connectivity index (χ2v) is 6.85. The van der Waals surface area contributed by atoms with Crippen LogP contribution in [-0.4, -0.2) is 15.0 Å². The van der Waals surface area contributed by atoms with E-state index in [1.165, 1.54) is 48.6 Å². The number of hydrogen-bond acceptors (Lipinski definition) is 3. The van der Waals surface area contributed by atoms with Gasteiger partial charge in [-0.15, -0.1) is 11.3 Å². The number of hydrogen-bond donors (Lipinski definition) is 1. The minimum atomic E-state index is 0.691. The van der Waals surface area contributed by atoms with Gasteiger partial charge in [0.15, 0.2) is 0 Å². The molecule has 0 spiro atoms. The Kier molecular flexibility index (Phi) is 3.26. The van der Waals surface area contributed by atoms with Crippen molar-refractivity contribution in [3.05, 3.63) is 35.1 Å². The Labute approximate surface area is 128 Å². The van der Waals surface area contributed by atoms with Gasteiger partial charge in [0.2, 0.25) is 0 Å². The van der Waals surface area contributed by atoms with E-state index in [0.717, 1.165) is 16.3 Å². The van der Waals surface area contributed by atoms with Crippen molar-refractivity contribution in [2.45, 2.75) is 44.9 Å². The molecule has 3 heterocycles. The highest BCUT2D eigenvalue weighted by Crippen LogP contribution is 2.36. The smallest absolute Gasteiger partial charge is 0.137 e. The molecule has 1 aliphatic rings. The Hall–Kier alpha value is -1.68. The normalized spacial score (nSPS) is 16.6.